The lowest BCUT2D eigenvalue weighted by Crippen LogP contribution is -2.20. The number of carbonyl (C=O) groups excluding carboxylic acids is 1. The van der Waals surface area contributed by atoms with Gasteiger partial charge in [0.25, 0.3) is 11.6 Å². The summed E-state index contributed by atoms with van der Waals surface area (Å²) in [5, 5.41) is 13.9. The van der Waals surface area contributed by atoms with Gasteiger partial charge >= 0.3 is 0 Å². The number of anilines is 1. The molecule has 4 rings (SSSR count). The van der Waals surface area contributed by atoms with Crippen molar-refractivity contribution in [1.82, 2.24) is 15.0 Å². The van der Waals surface area contributed by atoms with Gasteiger partial charge in [0.2, 0.25) is 15.7 Å². The van der Waals surface area contributed by atoms with Crippen LogP contribution in [0.5, 0.6) is 5.88 Å². The molecule has 4 aromatic rings. The Balaban J connectivity index is 1.43. The Kier molecular flexibility index (Phi) is 5.75. The monoisotopic (exact) mass is 471 g/mol. The summed E-state index contributed by atoms with van der Waals surface area (Å²) in [6.07, 6.45) is 2.43. The Hall–Kier alpha value is -3.97. The number of hydrogen-bond donors (Lipinski definition) is 1. The smallest absolute Gasteiger partial charge is 0.269 e. The highest BCUT2D eigenvalue weighted by atomic mass is 32.2. The fourth-order valence-electron chi connectivity index (χ4n) is 2.69. The molecule has 0 fully saturated rings. The number of non-ortho nitro benzene ring substituents is 1. The van der Waals surface area contributed by atoms with Gasteiger partial charge in [-0.2, -0.15) is 0 Å². The van der Waals surface area contributed by atoms with Crippen LogP contribution in [0.25, 0.3) is 10.9 Å². The Labute approximate surface area is 184 Å². The van der Waals surface area contributed by atoms with Crippen LogP contribution in [-0.2, 0) is 14.6 Å². The van der Waals surface area contributed by atoms with Crippen molar-refractivity contribution in [2.75, 3.05) is 11.9 Å². The number of nitrogens with zero attached hydrogens (tertiary/aromatic N) is 4. The molecule has 0 bridgehead atoms. The van der Waals surface area contributed by atoms with Crippen LogP contribution < -0.4 is 10.1 Å². The van der Waals surface area contributed by atoms with Gasteiger partial charge in [0.05, 0.1) is 26.9 Å². The van der Waals surface area contributed by atoms with Crippen LogP contribution in [0.4, 0.5) is 10.8 Å². The number of sulfone groups is 1. The van der Waals surface area contributed by atoms with Crippen LogP contribution in [-0.4, -0.2) is 40.8 Å². The van der Waals surface area contributed by atoms with Crippen molar-refractivity contribution >= 4 is 48.8 Å². The van der Waals surface area contributed by atoms with Crippen molar-refractivity contribution in [3.05, 3.63) is 71.2 Å². The van der Waals surface area contributed by atoms with Crippen LogP contribution in [0.15, 0.2) is 70.2 Å². The molecule has 2 aromatic heterocycles. The second-order valence-corrected chi connectivity index (χ2v) is 9.48. The maximum atomic E-state index is 12.7. The molecule has 2 heterocycles. The van der Waals surface area contributed by atoms with Gasteiger partial charge in [0.15, 0.2) is 11.7 Å². The minimum atomic E-state index is -3.94. The third-order valence-electron chi connectivity index (χ3n) is 4.20. The molecule has 2 aromatic carbocycles. The van der Waals surface area contributed by atoms with E-state index in [0.29, 0.717) is 10.9 Å². The summed E-state index contributed by atoms with van der Waals surface area (Å²) in [6, 6.07) is 11.6. The molecule has 162 valence electrons. The number of aromatic nitrogens is 3. The highest BCUT2D eigenvalue weighted by Crippen LogP contribution is 2.29. The molecule has 1 amide bonds. The first-order valence-electron chi connectivity index (χ1n) is 8.92. The van der Waals surface area contributed by atoms with E-state index in [1.54, 1.807) is 18.2 Å². The lowest BCUT2D eigenvalue weighted by atomic mass is 10.2. The van der Waals surface area contributed by atoms with Crippen molar-refractivity contribution < 1.29 is 22.9 Å². The summed E-state index contributed by atoms with van der Waals surface area (Å²) in [7, 11) is -3.94. The summed E-state index contributed by atoms with van der Waals surface area (Å²) in [4.78, 5) is 34.3. The lowest BCUT2D eigenvalue weighted by molar-refractivity contribution is -0.384. The van der Waals surface area contributed by atoms with Crippen LogP contribution in [0.1, 0.15) is 0 Å². The molecule has 0 aliphatic carbocycles. The molecule has 11 nitrogen and oxygen atoms in total. The normalized spacial score (nSPS) is 11.2. The number of para-hydroxylation sites is 1. The fourth-order valence-corrected chi connectivity index (χ4v) is 5.14. The zero-order valence-corrected chi connectivity index (χ0v) is 17.7. The van der Waals surface area contributed by atoms with Gasteiger partial charge in [-0.05, 0) is 24.3 Å². The minimum Gasteiger partial charge on any atom is -0.467 e. The molecule has 1 N–H and O–H groups in total. The third kappa shape index (κ3) is 4.38. The largest absolute Gasteiger partial charge is 0.467 e. The molecule has 0 atom stereocenters. The van der Waals surface area contributed by atoms with E-state index < -0.39 is 20.7 Å². The Morgan fingerprint density at radius 3 is 2.59 bits per heavy atom. The lowest BCUT2D eigenvalue weighted by Gasteiger charge is -2.07. The van der Waals surface area contributed by atoms with Crippen LogP contribution in [0.3, 0.4) is 0 Å². The summed E-state index contributed by atoms with van der Waals surface area (Å²) in [5.41, 5.74) is 0.441. The summed E-state index contributed by atoms with van der Waals surface area (Å²) < 4.78 is 30.7. The van der Waals surface area contributed by atoms with Crippen LogP contribution in [0.2, 0.25) is 0 Å². The maximum Gasteiger partial charge on any atom is 0.269 e. The number of hydrogen-bond acceptors (Lipinski definition) is 10. The zero-order valence-electron chi connectivity index (χ0n) is 16.0. The van der Waals surface area contributed by atoms with E-state index in [1.165, 1.54) is 6.33 Å². The molecule has 0 saturated heterocycles. The van der Waals surface area contributed by atoms with E-state index in [-0.39, 0.29) is 32.4 Å². The zero-order chi connectivity index (χ0) is 22.7. The molecule has 0 aliphatic rings. The number of nitro benzene ring substituents is 1. The molecule has 32 heavy (non-hydrogen) atoms. The molecular formula is C19H13N5O6S2. The van der Waals surface area contributed by atoms with E-state index in [1.807, 2.05) is 6.07 Å². The highest BCUT2D eigenvalue weighted by molar-refractivity contribution is 7.93. The number of amides is 1. The van der Waals surface area contributed by atoms with Crippen molar-refractivity contribution in [2.45, 2.75) is 9.10 Å². The van der Waals surface area contributed by atoms with E-state index in [4.69, 9.17) is 4.74 Å². The van der Waals surface area contributed by atoms with E-state index in [0.717, 1.165) is 41.8 Å². The maximum absolute atomic E-state index is 12.7. The number of nitro groups is 1. The van der Waals surface area contributed by atoms with Crippen molar-refractivity contribution in [3.63, 3.8) is 0 Å². The molecule has 0 unspecified atom stereocenters. The summed E-state index contributed by atoms with van der Waals surface area (Å²) in [6.45, 7) is -0.370. The molecule has 13 heteroatoms. The second-order valence-electron chi connectivity index (χ2n) is 6.27. The van der Waals surface area contributed by atoms with Crippen LogP contribution >= 0.6 is 11.3 Å². The van der Waals surface area contributed by atoms with E-state index in [2.05, 4.69) is 20.3 Å². The van der Waals surface area contributed by atoms with Gasteiger partial charge in [0, 0.05) is 12.1 Å². The predicted octanol–water partition coefficient (Wildman–Crippen LogP) is 2.84. The van der Waals surface area contributed by atoms with E-state index >= 15 is 0 Å². The average Bonchev–Trinajstić information content (AvgIpc) is 3.27. The molecule has 0 radical (unpaired) electrons. The minimum absolute atomic E-state index is 0.0617. The first-order chi connectivity index (χ1) is 15.3. The standard InChI is InChI=1S/C19H13N5O6S2/c25-16(10-30-18-14-3-1-2-4-15(14)21-11-22-18)23-19-20-9-17(31-19)32(28,29)13-7-5-12(6-8-13)24(26)27/h1-9,11H,10H2,(H,20,23,25). The molecule has 0 spiro atoms. The highest BCUT2D eigenvalue weighted by Gasteiger charge is 2.22. The summed E-state index contributed by atoms with van der Waals surface area (Å²) >= 11 is 0.752. The Bertz CT molecular complexity index is 1410. The quantitative estimate of drug-likeness (QED) is 0.316. The fraction of sp³-hybridized carbons (Fsp3) is 0.0526. The second kappa shape index (κ2) is 8.64. The Morgan fingerprint density at radius 1 is 1.09 bits per heavy atom. The molecule has 0 saturated carbocycles. The number of carbonyl (C=O) groups is 1. The van der Waals surface area contributed by atoms with Crippen LogP contribution in [0, 0.1) is 10.1 Å². The molecular weight excluding hydrogens is 458 g/mol. The third-order valence-corrected chi connectivity index (χ3v) is 7.34. The number of thiazole rings is 1. The topological polar surface area (TPSA) is 154 Å². The predicted molar refractivity (Wildman–Crippen MR) is 114 cm³/mol. The summed E-state index contributed by atoms with van der Waals surface area (Å²) in [5.74, 6) is -0.312. The van der Waals surface area contributed by atoms with Gasteiger partial charge < -0.3 is 4.74 Å². The van der Waals surface area contributed by atoms with Gasteiger partial charge in [-0.15, -0.1) is 0 Å². The SMILES string of the molecule is O=C(COc1ncnc2ccccc12)Nc1ncc(S(=O)(=O)c2ccc([N+](=O)[O-])cc2)s1. The number of nitrogens with one attached hydrogen (secondary N) is 1. The number of rotatable bonds is 7. The first-order valence-corrected chi connectivity index (χ1v) is 11.2. The van der Waals surface area contributed by atoms with Crippen molar-refractivity contribution in [2.24, 2.45) is 0 Å². The average molecular weight is 471 g/mol. The first kappa shape index (κ1) is 21.3. The number of ether oxygens (including phenoxy) is 1. The molecule has 0 aliphatic heterocycles. The Morgan fingerprint density at radius 2 is 1.84 bits per heavy atom. The number of fused-ring (bicyclic) bond motifs is 1. The van der Waals surface area contributed by atoms with Gasteiger partial charge in [-0.1, -0.05) is 23.5 Å². The van der Waals surface area contributed by atoms with Crippen molar-refractivity contribution in [3.8, 4) is 5.88 Å². The van der Waals surface area contributed by atoms with Crippen molar-refractivity contribution in [1.29, 1.82) is 0 Å². The number of benzene rings is 2. The van der Waals surface area contributed by atoms with Gasteiger partial charge in [-0.3, -0.25) is 20.2 Å². The van der Waals surface area contributed by atoms with Gasteiger partial charge in [0.1, 0.15) is 10.5 Å². The van der Waals surface area contributed by atoms with E-state index in [9.17, 15) is 23.3 Å². The van der Waals surface area contributed by atoms with Gasteiger partial charge in [-0.25, -0.2) is 23.4 Å².